The molecule has 0 unspecified atom stereocenters. The van der Waals surface area contributed by atoms with Crippen molar-refractivity contribution in [2.75, 3.05) is 0 Å². The van der Waals surface area contributed by atoms with E-state index in [2.05, 4.69) is 6.58 Å². The van der Waals surface area contributed by atoms with Gasteiger partial charge in [-0.1, -0.05) is 31.4 Å². The van der Waals surface area contributed by atoms with E-state index in [4.69, 9.17) is 9.47 Å². The Morgan fingerprint density at radius 3 is 2.74 bits per heavy atom. The van der Waals surface area contributed by atoms with Crippen molar-refractivity contribution in [1.82, 2.24) is 0 Å². The number of nitrogens with zero attached hydrogens (tertiary/aromatic N) is 1. The topological polar surface area (TPSA) is 78.7 Å². The number of nitro benzene ring substituents is 1. The van der Waals surface area contributed by atoms with Crippen LogP contribution >= 0.6 is 0 Å². The number of non-ortho nitro benzene ring substituents is 1. The molecule has 1 spiro atoms. The first-order chi connectivity index (χ1) is 13.0. The number of carbonyl (C=O) groups is 1. The molecule has 1 heterocycles. The molecule has 0 amide bonds. The minimum absolute atomic E-state index is 0.0481. The van der Waals surface area contributed by atoms with Gasteiger partial charge in [-0.05, 0) is 49.3 Å². The molecule has 0 N–H and O–H groups in total. The lowest BCUT2D eigenvalue weighted by molar-refractivity contribution is -0.384. The highest BCUT2D eigenvalue weighted by Crippen LogP contribution is 2.59. The fourth-order valence-electron chi connectivity index (χ4n) is 5.27. The van der Waals surface area contributed by atoms with Gasteiger partial charge < -0.3 is 9.47 Å². The first kappa shape index (κ1) is 18.2. The molecule has 0 radical (unpaired) electrons. The number of carbonyl (C=O) groups excluding carboxylic acids is 1. The first-order valence-electron chi connectivity index (χ1n) is 9.76. The summed E-state index contributed by atoms with van der Waals surface area (Å²) < 4.78 is 11.8. The van der Waals surface area contributed by atoms with E-state index < -0.39 is 16.6 Å². The molecule has 2 saturated carbocycles. The zero-order chi connectivity index (χ0) is 19.0. The van der Waals surface area contributed by atoms with Crippen LogP contribution in [0.4, 0.5) is 5.69 Å². The molecule has 4 rings (SSSR count). The SMILES string of the molecule is C=C1CC[C@H]2CCCCC[C@]23C(=O)O[C@@H](OCc2ccc([N+](=O)[O-])cc2)[C@H]13. The van der Waals surface area contributed by atoms with Gasteiger partial charge >= 0.3 is 5.97 Å². The van der Waals surface area contributed by atoms with Gasteiger partial charge in [0.05, 0.1) is 22.9 Å². The van der Waals surface area contributed by atoms with Crippen molar-refractivity contribution >= 4 is 11.7 Å². The number of benzene rings is 1. The molecule has 27 heavy (non-hydrogen) atoms. The van der Waals surface area contributed by atoms with Gasteiger partial charge in [-0.25, -0.2) is 0 Å². The summed E-state index contributed by atoms with van der Waals surface area (Å²) in [6.45, 7) is 4.51. The van der Waals surface area contributed by atoms with E-state index in [1.165, 1.54) is 25.0 Å². The highest BCUT2D eigenvalue weighted by atomic mass is 16.7. The summed E-state index contributed by atoms with van der Waals surface area (Å²) in [5, 5.41) is 10.8. The molecule has 6 heteroatoms. The summed E-state index contributed by atoms with van der Waals surface area (Å²) in [5.41, 5.74) is 1.46. The smallest absolute Gasteiger partial charge is 0.315 e. The van der Waals surface area contributed by atoms with E-state index in [9.17, 15) is 14.9 Å². The van der Waals surface area contributed by atoms with Crippen molar-refractivity contribution < 1.29 is 19.2 Å². The van der Waals surface area contributed by atoms with Gasteiger partial charge in [0.15, 0.2) is 0 Å². The molecule has 1 aromatic carbocycles. The second-order valence-corrected chi connectivity index (χ2v) is 8.02. The lowest BCUT2D eigenvalue weighted by Gasteiger charge is -2.43. The fraction of sp³-hybridized carbons (Fsp3) is 0.571. The lowest BCUT2D eigenvalue weighted by atomic mass is 9.57. The molecule has 0 aromatic heterocycles. The van der Waals surface area contributed by atoms with Crippen molar-refractivity contribution in [1.29, 1.82) is 0 Å². The zero-order valence-electron chi connectivity index (χ0n) is 15.4. The lowest BCUT2D eigenvalue weighted by Crippen LogP contribution is -2.45. The second-order valence-electron chi connectivity index (χ2n) is 8.02. The largest absolute Gasteiger partial charge is 0.435 e. The molecule has 6 nitrogen and oxygen atoms in total. The maximum absolute atomic E-state index is 13.0. The van der Waals surface area contributed by atoms with Crippen LogP contribution < -0.4 is 0 Å². The number of rotatable bonds is 4. The number of ether oxygens (including phenoxy) is 2. The van der Waals surface area contributed by atoms with Crippen LogP contribution in [0.25, 0.3) is 0 Å². The molecule has 0 bridgehead atoms. The van der Waals surface area contributed by atoms with Gasteiger partial charge in [-0.15, -0.1) is 0 Å². The van der Waals surface area contributed by atoms with Gasteiger partial charge in [0, 0.05) is 12.1 Å². The van der Waals surface area contributed by atoms with Crippen LogP contribution in [0.5, 0.6) is 0 Å². The Kier molecular flexibility index (Phi) is 4.76. The number of hydrogen-bond donors (Lipinski definition) is 0. The van der Waals surface area contributed by atoms with E-state index in [1.54, 1.807) is 12.1 Å². The maximum atomic E-state index is 13.0. The molecule has 2 aliphatic carbocycles. The zero-order valence-corrected chi connectivity index (χ0v) is 15.4. The number of hydrogen-bond acceptors (Lipinski definition) is 5. The summed E-state index contributed by atoms with van der Waals surface area (Å²) in [5.74, 6) is 0.157. The Morgan fingerprint density at radius 1 is 1.22 bits per heavy atom. The average Bonchev–Trinajstić information content (AvgIpc) is 2.80. The van der Waals surface area contributed by atoms with E-state index >= 15 is 0 Å². The van der Waals surface area contributed by atoms with Crippen molar-refractivity contribution in [2.24, 2.45) is 17.3 Å². The maximum Gasteiger partial charge on any atom is 0.315 e. The number of nitro groups is 1. The fourth-order valence-corrected chi connectivity index (χ4v) is 5.27. The van der Waals surface area contributed by atoms with Crippen molar-refractivity contribution in [3.8, 4) is 0 Å². The van der Waals surface area contributed by atoms with Crippen LogP contribution in [0.1, 0.15) is 50.5 Å². The predicted molar refractivity (Wildman–Crippen MR) is 98.6 cm³/mol. The first-order valence-corrected chi connectivity index (χ1v) is 9.76. The summed E-state index contributed by atoms with van der Waals surface area (Å²) in [7, 11) is 0. The van der Waals surface area contributed by atoms with Crippen LogP contribution in [0, 0.1) is 27.4 Å². The minimum atomic E-state index is -0.610. The minimum Gasteiger partial charge on any atom is -0.435 e. The van der Waals surface area contributed by atoms with Gasteiger partial charge in [0.25, 0.3) is 5.69 Å². The molecule has 1 aliphatic heterocycles. The van der Waals surface area contributed by atoms with E-state index in [1.807, 2.05) is 0 Å². The number of cyclic esters (lactones) is 1. The van der Waals surface area contributed by atoms with Crippen LogP contribution in [0.2, 0.25) is 0 Å². The van der Waals surface area contributed by atoms with Crippen LogP contribution in [0.3, 0.4) is 0 Å². The quantitative estimate of drug-likeness (QED) is 0.336. The molecule has 1 saturated heterocycles. The van der Waals surface area contributed by atoms with E-state index in [-0.39, 0.29) is 24.2 Å². The van der Waals surface area contributed by atoms with Crippen molar-refractivity contribution in [3.05, 3.63) is 52.1 Å². The molecule has 4 atom stereocenters. The van der Waals surface area contributed by atoms with Crippen LogP contribution in [-0.2, 0) is 20.9 Å². The average molecular weight is 371 g/mol. The summed E-state index contributed by atoms with van der Waals surface area (Å²) >= 11 is 0. The molecule has 3 aliphatic rings. The highest BCUT2D eigenvalue weighted by Gasteiger charge is 2.63. The third-order valence-corrected chi connectivity index (χ3v) is 6.62. The Bertz CT molecular complexity index is 758. The Balaban J connectivity index is 1.53. The summed E-state index contributed by atoms with van der Waals surface area (Å²) in [6.07, 6.45) is 6.65. The Morgan fingerprint density at radius 2 is 2.00 bits per heavy atom. The normalized spacial score (nSPS) is 33.0. The molecule has 1 aromatic rings. The van der Waals surface area contributed by atoms with Crippen LogP contribution in [-0.4, -0.2) is 17.2 Å². The third kappa shape index (κ3) is 3.06. The van der Waals surface area contributed by atoms with Crippen LogP contribution in [0.15, 0.2) is 36.4 Å². The molecule has 3 fully saturated rings. The number of esters is 1. The van der Waals surface area contributed by atoms with Gasteiger partial charge in [-0.2, -0.15) is 0 Å². The van der Waals surface area contributed by atoms with Gasteiger partial charge in [0.2, 0.25) is 6.29 Å². The van der Waals surface area contributed by atoms with E-state index in [0.717, 1.165) is 43.2 Å². The van der Waals surface area contributed by atoms with Gasteiger partial charge in [0.1, 0.15) is 0 Å². The Labute approximate surface area is 158 Å². The van der Waals surface area contributed by atoms with Gasteiger partial charge in [-0.3, -0.25) is 14.9 Å². The van der Waals surface area contributed by atoms with E-state index in [0.29, 0.717) is 5.92 Å². The Hall–Kier alpha value is -2.21. The predicted octanol–water partition coefficient (Wildman–Crippen LogP) is 4.53. The second kappa shape index (κ2) is 7.08. The standard InChI is InChI=1S/C21H25NO5/c1-14-6-9-16-5-3-2-4-12-21(16)18(14)19(27-20(21)23)26-13-15-7-10-17(11-8-15)22(24)25/h7-8,10-11,16,18-19H,1-6,9,12-13H2/t16-,18+,19-,21+/m1/s1. The molecular formula is C21H25NO5. The molecule has 144 valence electrons. The van der Waals surface area contributed by atoms with Crippen molar-refractivity contribution in [2.45, 2.75) is 57.8 Å². The summed E-state index contributed by atoms with van der Waals surface area (Å²) in [6, 6.07) is 6.27. The third-order valence-electron chi connectivity index (χ3n) is 6.62. The molecular weight excluding hydrogens is 346 g/mol. The highest BCUT2D eigenvalue weighted by molar-refractivity contribution is 5.81. The summed E-state index contributed by atoms with van der Waals surface area (Å²) in [4.78, 5) is 23.3. The monoisotopic (exact) mass is 371 g/mol. The van der Waals surface area contributed by atoms with Crippen molar-refractivity contribution in [3.63, 3.8) is 0 Å².